The summed E-state index contributed by atoms with van der Waals surface area (Å²) >= 11 is 0. The Balaban J connectivity index is 2.38. The molecule has 1 aliphatic carbocycles. The van der Waals surface area contributed by atoms with E-state index in [2.05, 4.69) is 0 Å². The average Bonchev–Trinajstić information content (AvgIpc) is 2.45. The van der Waals surface area contributed by atoms with Crippen molar-refractivity contribution in [3.05, 3.63) is 35.4 Å². The van der Waals surface area contributed by atoms with Gasteiger partial charge in [-0.1, -0.05) is 24.3 Å². The number of aliphatic hydroxyl groups is 1. The summed E-state index contributed by atoms with van der Waals surface area (Å²) in [5.74, 6) is -1.60. The predicted octanol–water partition coefficient (Wildman–Crippen LogP) is 0.977. The number of benzene rings is 1. The van der Waals surface area contributed by atoms with E-state index < -0.39 is 18.0 Å². The molecular formula is C10H10O3. The molecule has 0 saturated heterocycles. The zero-order valence-corrected chi connectivity index (χ0v) is 6.97. The van der Waals surface area contributed by atoms with E-state index in [1.54, 1.807) is 6.07 Å². The van der Waals surface area contributed by atoms with Crippen molar-refractivity contribution in [2.75, 3.05) is 0 Å². The fraction of sp³-hybridized carbons (Fsp3) is 0.300. The minimum absolute atomic E-state index is 0.437. The molecule has 0 radical (unpaired) electrons. The van der Waals surface area contributed by atoms with Crippen LogP contribution in [-0.2, 0) is 11.2 Å². The number of carbonyl (C=O) groups is 1. The fourth-order valence-electron chi connectivity index (χ4n) is 1.80. The first kappa shape index (κ1) is 8.26. The molecule has 2 rings (SSSR count). The smallest absolute Gasteiger partial charge is 0.309 e. The molecule has 1 aromatic rings. The monoisotopic (exact) mass is 178 g/mol. The molecule has 0 fully saturated rings. The van der Waals surface area contributed by atoms with E-state index in [1.807, 2.05) is 18.2 Å². The number of carboxylic acid groups (broad SMARTS) is 1. The minimum Gasteiger partial charge on any atom is -0.481 e. The molecule has 0 spiro atoms. The van der Waals surface area contributed by atoms with Gasteiger partial charge in [0.15, 0.2) is 0 Å². The third-order valence-electron chi connectivity index (χ3n) is 2.51. The second-order valence-corrected chi connectivity index (χ2v) is 3.29. The molecule has 1 aromatic carbocycles. The lowest BCUT2D eigenvalue weighted by Gasteiger charge is -2.08. The first-order valence-corrected chi connectivity index (χ1v) is 4.19. The standard InChI is InChI=1S/C10H10O3/c11-9-7-4-2-1-3-6(7)5-8(9)10(12)13/h1-4,8-9,11H,5H2,(H,12,13)/t8-,9+/m0/s1. The molecule has 0 bridgehead atoms. The van der Waals surface area contributed by atoms with Gasteiger partial charge in [-0.15, -0.1) is 0 Å². The van der Waals surface area contributed by atoms with Crippen molar-refractivity contribution in [2.45, 2.75) is 12.5 Å². The number of hydrogen-bond acceptors (Lipinski definition) is 2. The summed E-state index contributed by atoms with van der Waals surface area (Å²) in [6, 6.07) is 7.31. The second kappa shape index (κ2) is 2.85. The predicted molar refractivity (Wildman–Crippen MR) is 46.2 cm³/mol. The quantitative estimate of drug-likeness (QED) is 0.673. The van der Waals surface area contributed by atoms with Crippen LogP contribution in [0.3, 0.4) is 0 Å². The Morgan fingerprint density at radius 1 is 1.38 bits per heavy atom. The van der Waals surface area contributed by atoms with Crippen molar-refractivity contribution >= 4 is 5.97 Å². The lowest BCUT2D eigenvalue weighted by Crippen LogP contribution is -2.17. The number of carboxylic acids is 1. The Morgan fingerprint density at radius 2 is 2.08 bits per heavy atom. The van der Waals surface area contributed by atoms with E-state index >= 15 is 0 Å². The van der Waals surface area contributed by atoms with Crippen molar-refractivity contribution in [3.8, 4) is 0 Å². The van der Waals surface area contributed by atoms with Gasteiger partial charge in [0.2, 0.25) is 0 Å². The van der Waals surface area contributed by atoms with Crippen molar-refractivity contribution in [2.24, 2.45) is 5.92 Å². The lowest BCUT2D eigenvalue weighted by atomic mass is 10.0. The van der Waals surface area contributed by atoms with Crippen LogP contribution in [0.15, 0.2) is 24.3 Å². The van der Waals surface area contributed by atoms with E-state index in [1.165, 1.54) is 0 Å². The molecule has 0 aliphatic heterocycles. The lowest BCUT2D eigenvalue weighted by molar-refractivity contribution is -0.145. The molecule has 68 valence electrons. The Hall–Kier alpha value is -1.35. The zero-order chi connectivity index (χ0) is 9.42. The van der Waals surface area contributed by atoms with Crippen molar-refractivity contribution in [1.82, 2.24) is 0 Å². The van der Waals surface area contributed by atoms with Crippen LogP contribution in [-0.4, -0.2) is 16.2 Å². The highest BCUT2D eigenvalue weighted by atomic mass is 16.4. The van der Waals surface area contributed by atoms with E-state index in [4.69, 9.17) is 5.11 Å². The zero-order valence-electron chi connectivity index (χ0n) is 6.97. The van der Waals surface area contributed by atoms with Crippen molar-refractivity contribution < 1.29 is 15.0 Å². The molecule has 2 N–H and O–H groups in total. The van der Waals surface area contributed by atoms with Gasteiger partial charge in [0.1, 0.15) is 0 Å². The Labute approximate surface area is 75.6 Å². The van der Waals surface area contributed by atoms with Gasteiger partial charge in [0, 0.05) is 0 Å². The van der Waals surface area contributed by atoms with Gasteiger partial charge in [0.25, 0.3) is 0 Å². The van der Waals surface area contributed by atoms with E-state index in [-0.39, 0.29) is 0 Å². The van der Waals surface area contributed by atoms with Crippen LogP contribution < -0.4 is 0 Å². The second-order valence-electron chi connectivity index (χ2n) is 3.29. The summed E-state index contributed by atoms with van der Waals surface area (Å²) in [4.78, 5) is 10.7. The van der Waals surface area contributed by atoms with Gasteiger partial charge in [-0.3, -0.25) is 4.79 Å². The maximum atomic E-state index is 10.7. The van der Waals surface area contributed by atoms with Crippen LogP contribution in [0.25, 0.3) is 0 Å². The van der Waals surface area contributed by atoms with Crippen molar-refractivity contribution in [1.29, 1.82) is 0 Å². The van der Waals surface area contributed by atoms with Crippen LogP contribution in [0.5, 0.6) is 0 Å². The summed E-state index contributed by atoms with van der Waals surface area (Å²) in [5, 5.41) is 18.4. The first-order chi connectivity index (χ1) is 6.20. The molecule has 0 amide bonds. The third kappa shape index (κ3) is 1.21. The molecule has 0 saturated carbocycles. The Kier molecular flexibility index (Phi) is 1.81. The number of hydrogen-bond donors (Lipinski definition) is 2. The molecule has 2 atom stereocenters. The van der Waals surface area contributed by atoms with E-state index in [9.17, 15) is 9.90 Å². The largest absolute Gasteiger partial charge is 0.481 e. The summed E-state index contributed by atoms with van der Waals surface area (Å²) in [6.45, 7) is 0. The summed E-state index contributed by atoms with van der Waals surface area (Å²) in [7, 11) is 0. The van der Waals surface area contributed by atoms with Crippen molar-refractivity contribution in [3.63, 3.8) is 0 Å². The molecule has 0 unspecified atom stereocenters. The topological polar surface area (TPSA) is 57.5 Å². The number of aliphatic carboxylic acids is 1. The van der Waals surface area contributed by atoms with Gasteiger partial charge in [-0.2, -0.15) is 0 Å². The molecule has 3 heteroatoms. The van der Waals surface area contributed by atoms with Gasteiger partial charge >= 0.3 is 5.97 Å². The van der Waals surface area contributed by atoms with Crippen LogP contribution in [0.4, 0.5) is 0 Å². The molecule has 1 aliphatic rings. The van der Waals surface area contributed by atoms with E-state index in [0.29, 0.717) is 6.42 Å². The third-order valence-corrected chi connectivity index (χ3v) is 2.51. The summed E-state index contributed by atoms with van der Waals surface area (Å²) in [6.07, 6.45) is -0.402. The highest BCUT2D eigenvalue weighted by Gasteiger charge is 2.35. The van der Waals surface area contributed by atoms with Gasteiger partial charge in [0.05, 0.1) is 12.0 Å². The molecule has 0 aromatic heterocycles. The van der Waals surface area contributed by atoms with Crippen LogP contribution >= 0.6 is 0 Å². The highest BCUT2D eigenvalue weighted by molar-refractivity contribution is 5.73. The summed E-state index contributed by atoms with van der Waals surface area (Å²) < 4.78 is 0. The Morgan fingerprint density at radius 3 is 2.69 bits per heavy atom. The van der Waals surface area contributed by atoms with Gasteiger partial charge < -0.3 is 10.2 Å². The van der Waals surface area contributed by atoms with Crippen LogP contribution in [0.2, 0.25) is 0 Å². The summed E-state index contributed by atoms with van der Waals surface area (Å²) in [5.41, 5.74) is 1.71. The maximum Gasteiger partial charge on any atom is 0.309 e. The number of rotatable bonds is 1. The minimum atomic E-state index is -0.927. The first-order valence-electron chi connectivity index (χ1n) is 4.19. The fourth-order valence-corrected chi connectivity index (χ4v) is 1.80. The van der Waals surface area contributed by atoms with Crippen LogP contribution in [0, 0.1) is 5.92 Å². The molecular weight excluding hydrogens is 168 g/mol. The number of fused-ring (bicyclic) bond motifs is 1. The SMILES string of the molecule is O=C(O)[C@H]1Cc2ccccc2[C@H]1O. The average molecular weight is 178 g/mol. The van der Waals surface area contributed by atoms with Gasteiger partial charge in [-0.25, -0.2) is 0 Å². The highest BCUT2D eigenvalue weighted by Crippen LogP contribution is 2.35. The van der Waals surface area contributed by atoms with Crippen LogP contribution in [0.1, 0.15) is 17.2 Å². The van der Waals surface area contributed by atoms with Gasteiger partial charge in [-0.05, 0) is 17.5 Å². The molecule has 0 heterocycles. The Bertz CT molecular complexity index is 346. The molecule has 13 heavy (non-hydrogen) atoms. The van der Waals surface area contributed by atoms with E-state index in [0.717, 1.165) is 11.1 Å². The number of aliphatic hydroxyl groups excluding tert-OH is 1. The molecule has 3 nitrogen and oxygen atoms in total. The maximum absolute atomic E-state index is 10.7. The normalized spacial score (nSPS) is 25.6.